The van der Waals surface area contributed by atoms with Crippen LogP contribution in [0.1, 0.15) is 31.2 Å². The zero-order valence-corrected chi connectivity index (χ0v) is 14.2. The van der Waals surface area contributed by atoms with Crippen molar-refractivity contribution < 1.29 is 9.84 Å². The van der Waals surface area contributed by atoms with Gasteiger partial charge in [0.05, 0.1) is 24.9 Å². The Labute approximate surface area is 139 Å². The first-order valence-electron chi connectivity index (χ1n) is 9.00. The van der Waals surface area contributed by atoms with Gasteiger partial charge in [-0.1, -0.05) is 43.2 Å². The summed E-state index contributed by atoms with van der Waals surface area (Å²) >= 11 is 0. The molecule has 0 amide bonds. The number of aliphatic hydroxyl groups excluding tert-OH is 1. The molecular weight excluding hydrogens is 288 g/mol. The van der Waals surface area contributed by atoms with Crippen LogP contribution in [0.5, 0.6) is 0 Å². The third-order valence-corrected chi connectivity index (χ3v) is 5.20. The molecule has 2 fully saturated rings. The van der Waals surface area contributed by atoms with E-state index in [0.29, 0.717) is 12.6 Å². The second kappa shape index (κ2) is 8.25. The highest BCUT2D eigenvalue weighted by Gasteiger charge is 2.37. The molecule has 1 aliphatic carbocycles. The Morgan fingerprint density at radius 1 is 1.22 bits per heavy atom. The lowest BCUT2D eigenvalue weighted by Gasteiger charge is -2.25. The number of rotatable bonds is 7. The van der Waals surface area contributed by atoms with Crippen molar-refractivity contribution in [3.63, 3.8) is 0 Å². The largest absolute Gasteiger partial charge is 0.389 e. The lowest BCUT2D eigenvalue weighted by molar-refractivity contribution is 0.0200. The molecule has 0 unspecified atom stereocenters. The molecule has 1 aliphatic heterocycles. The molecule has 1 aromatic rings. The first-order chi connectivity index (χ1) is 11.2. The Kier molecular flexibility index (Phi) is 6.06. The van der Waals surface area contributed by atoms with Crippen LogP contribution >= 0.6 is 0 Å². The van der Waals surface area contributed by atoms with Crippen molar-refractivity contribution in [2.75, 3.05) is 26.7 Å². The van der Waals surface area contributed by atoms with E-state index in [1.165, 1.54) is 31.2 Å². The topological polar surface area (TPSA) is 44.7 Å². The average molecular weight is 318 g/mol. The number of aliphatic hydroxyl groups is 1. The van der Waals surface area contributed by atoms with Gasteiger partial charge in [0.1, 0.15) is 0 Å². The maximum atomic E-state index is 10.5. The molecule has 4 heteroatoms. The Morgan fingerprint density at radius 3 is 2.70 bits per heavy atom. The first kappa shape index (κ1) is 16.9. The number of likely N-dealkylation sites (N-methyl/N-ethyl adjacent to an activating group) is 1. The molecule has 0 spiro atoms. The van der Waals surface area contributed by atoms with Gasteiger partial charge in [0, 0.05) is 19.1 Å². The Hall–Kier alpha value is -0.940. The summed E-state index contributed by atoms with van der Waals surface area (Å²) in [5.74, 6) is 0. The van der Waals surface area contributed by atoms with Gasteiger partial charge in [0.2, 0.25) is 0 Å². The van der Waals surface area contributed by atoms with Crippen LogP contribution in [0.15, 0.2) is 30.3 Å². The van der Waals surface area contributed by atoms with Crippen LogP contribution in [-0.4, -0.2) is 61.0 Å². The van der Waals surface area contributed by atoms with Crippen LogP contribution in [-0.2, 0) is 11.2 Å². The molecular formula is C19H30N2O2. The maximum Gasteiger partial charge on any atom is 0.0989 e. The maximum absolute atomic E-state index is 10.5. The van der Waals surface area contributed by atoms with Gasteiger partial charge in [-0.3, -0.25) is 0 Å². The van der Waals surface area contributed by atoms with Crippen LogP contribution in [0.3, 0.4) is 0 Å². The minimum absolute atomic E-state index is 0.0744. The van der Waals surface area contributed by atoms with Gasteiger partial charge < -0.3 is 20.1 Å². The lowest BCUT2D eigenvalue weighted by atomic mass is 10.1. The van der Waals surface area contributed by atoms with E-state index in [4.69, 9.17) is 4.74 Å². The summed E-state index contributed by atoms with van der Waals surface area (Å²) in [5, 5.41) is 14.1. The number of hydrogen-bond donors (Lipinski definition) is 2. The molecule has 2 N–H and O–H groups in total. The van der Waals surface area contributed by atoms with Crippen molar-refractivity contribution in [1.82, 2.24) is 10.2 Å². The summed E-state index contributed by atoms with van der Waals surface area (Å²) in [6.07, 6.45) is 5.67. The van der Waals surface area contributed by atoms with E-state index in [2.05, 4.69) is 41.5 Å². The van der Waals surface area contributed by atoms with Crippen LogP contribution < -0.4 is 5.32 Å². The highest BCUT2D eigenvalue weighted by atomic mass is 16.5. The van der Waals surface area contributed by atoms with E-state index in [9.17, 15) is 5.11 Å². The van der Waals surface area contributed by atoms with E-state index in [-0.39, 0.29) is 12.1 Å². The van der Waals surface area contributed by atoms with Gasteiger partial charge in [-0.15, -0.1) is 0 Å². The fourth-order valence-corrected chi connectivity index (χ4v) is 3.75. The fourth-order valence-electron chi connectivity index (χ4n) is 3.75. The molecule has 23 heavy (non-hydrogen) atoms. The van der Waals surface area contributed by atoms with Gasteiger partial charge in [-0.25, -0.2) is 0 Å². The number of nitrogens with zero attached hydrogens (tertiary/aromatic N) is 1. The molecule has 1 saturated heterocycles. The van der Waals surface area contributed by atoms with Gasteiger partial charge >= 0.3 is 0 Å². The van der Waals surface area contributed by atoms with Crippen molar-refractivity contribution in [3.05, 3.63) is 35.9 Å². The molecule has 2 aliphatic rings. The summed E-state index contributed by atoms with van der Waals surface area (Å²) in [5.41, 5.74) is 1.35. The van der Waals surface area contributed by atoms with E-state index < -0.39 is 6.10 Å². The summed E-state index contributed by atoms with van der Waals surface area (Å²) in [6, 6.07) is 11.2. The average Bonchev–Trinajstić information content (AvgIpc) is 3.19. The predicted octanol–water partition coefficient (Wildman–Crippen LogP) is 1.82. The number of benzene rings is 1. The molecule has 1 aromatic carbocycles. The molecule has 3 rings (SSSR count). The molecule has 1 heterocycles. The van der Waals surface area contributed by atoms with Crippen molar-refractivity contribution in [1.29, 1.82) is 0 Å². The number of nitrogens with one attached hydrogen (secondary N) is 1. The van der Waals surface area contributed by atoms with Crippen LogP contribution in [0.25, 0.3) is 0 Å². The Morgan fingerprint density at radius 2 is 1.96 bits per heavy atom. The minimum atomic E-state index is -0.394. The van der Waals surface area contributed by atoms with E-state index >= 15 is 0 Å². The molecule has 0 radical (unpaired) electrons. The highest BCUT2D eigenvalue weighted by Crippen LogP contribution is 2.22. The molecule has 3 atom stereocenters. The Balaban J connectivity index is 1.40. The van der Waals surface area contributed by atoms with Crippen LogP contribution in [0.4, 0.5) is 0 Å². The smallest absolute Gasteiger partial charge is 0.0989 e. The van der Waals surface area contributed by atoms with Gasteiger partial charge in [-0.05, 0) is 31.9 Å². The number of hydrogen-bond acceptors (Lipinski definition) is 4. The molecule has 0 aromatic heterocycles. The second-order valence-electron chi connectivity index (χ2n) is 7.11. The summed E-state index contributed by atoms with van der Waals surface area (Å²) < 4.78 is 5.86. The quantitative estimate of drug-likeness (QED) is 0.805. The lowest BCUT2D eigenvalue weighted by Crippen LogP contribution is -2.47. The van der Waals surface area contributed by atoms with Crippen LogP contribution in [0.2, 0.25) is 0 Å². The van der Waals surface area contributed by atoms with Gasteiger partial charge in [-0.2, -0.15) is 0 Å². The zero-order valence-electron chi connectivity index (χ0n) is 14.2. The SMILES string of the molecule is CN(CCc1ccccc1)C[C@@H]1OC[C@H](NC2CCCC2)[C@H]1O. The summed E-state index contributed by atoms with van der Waals surface area (Å²) in [4.78, 5) is 2.26. The highest BCUT2D eigenvalue weighted by molar-refractivity contribution is 5.14. The molecule has 4 nitrogen and oxygen atoms in total. The molecule has 0 bridgehead atoms. The van der Waals surface area contributed by atoms with E-state index in [1.54, 1.807) is 0 Å². The van der Waals surface area contributed by atoms with E-state index in [1.807, 2.05) is 6.07 Å². The number of ether oxygens (including phenoxy) is 1. The summed E-state index contributed by atoms with van der Waals surface area (Å²) in [7, 11) is 2.11. The monoisotopic (exact) mass is 318 g/mol. The fraction of sp³-hybridized carbons (Fsp3) is 0.684. The van der Waals surface area contributed by atoms with Crippen molar-refractivity contribution in [2.24, 2.45) is 0 Å². The zero-order chi connectivity index (χ0) is 16.1. The van der Waals surface area contributed by atoms with Gasteiger partial charge in [0.15, 0.2) is 0 Å². The van der Waals surface area contributed by atoms with Gasteiger partial charge in [0.25, 0.3) is 0 Å². The molecule has 128 valence electrons. The predicted molar refractivity (Wildman–Crippen MR) is 92.6 cm³/mol. The third-order valence-electron chi connectivity index (χ3n) is 5.20. The van der Waals surface area contributed by atoms with Crippen LogP contribution in [0, 0.1) is 0 Å². The Bertz CT molecular complexity index is 462. The van der Waals surface area contributed by atoms with Crippen molar-refractivity contribution >= 4 is 0 Å². The summed E-state index contributed by atoms with van der Waals surface area (Å²) in [6.45, 7) is 2.41. The molecule has 1 saturated carbocycles. The third kappa shape index (κ3) is 4.77. The van der Waals surface area contributed by atoms with E-state index in [0.717, 1.165) is 19.5 Å². The minimum Gasteiger partial charge on any atom is -0.389 e. The first-order valence-corrected chi connectivity index (χ1v) is 9.00. The van der Waals surface area contributed by atoms with Crippen molar-refractivity contribution in [3.8, 4) is 0 Å². The van der Waals surface area contributed by atoms with Crippen molar-refractivity contribution in [2.45, 2.75) is 56.4 Å². The normalized spacial score (nSPS) is 28.7. The standard InChI is InChI=1S/C19H30N2O2/c1-21(12-11-15-7-3-2-4-8-15)13-18-19(22)17(14-23-18)20-16-9-5-6-10-16/h2-4,7-8,16-20,22H,5-6,9-14H2,1H3/t17-,18-,19+/m0/s1. The second-order valence-corrected chi connectivity index (χ2v) is 7.11.